The van der Waals surface area contributed by atoms with Crippen molar-refractivity contribution in [2.45, 2.75) is 4.90 Å². The first-order valence-electron chi connectivity index (χ1n) is 6.78. The van der Waals surface area contributed by atoms with Gasteiger partial charge in [0, 0.05) is 12.1 Å². The normalized spacial score (nSPS) is 11.6. The molecule has 0 saturated heterocycles. The molecule has 134 valence electrons. The van der Waals surface area contributed by atoms with Crippen LogP contribution < -0.4 is 5.32 Å². The van der Waals surface area contributed by atoms with Crippen LogP contribution in [0.1, 0.15) is 0 Å². The average molecular weight is 426 g/mol. The molecule has 0 heterocycles. The molecular weight excluding hydrogens is 414 g/mol. The Kier molecular flexibility index (Phi) is 6.29. The first-order valence-corrected chi connectivity index (χ1v) is 9.35. The van der Waals surface area contributed by atoms with Crippen LogP contribution in [-0.4, -0.2) is 32.2 Å². The van der Waals surface area contributed by atoms with Crippen molar-refractivity contribution in [1.29, 1.82) is 0 Å². The number of sulfonamides is 1. The van der Waals surface area contributed by atoms with Gasteiger partial charge in [0.15, 0.2) is 0 Å². The predicted octanol–water partition coefficient (Wildman–Crippen LogP) is 4.05. The van der Waals surface area contributed by atoms with Crippen LogP contribution in [0.4, 0.5) is 10.1 Å². The molecule has 2 aromatic carbocycles. The largest absolute Gasteiger partial charge is 0.322 e. The number of carbonyl (C=O) groups excluding carboxylic acids is 1. The van der Waals surface area contributed by atoms with E-state index in [1.165, 1.54) is 18.2 Å². The summed E-state index contributed by atoms with van der Waals surface area (Å²) in [4.78, 5) is 11.5. The van der Waals surface area contributed by atoms with E-state index in [1.54, 1.807) is 6.07 Å². The maximum atomic E-state index is 13.9. The van der Waals surface area contributed by atoms with Crippen molar-refractivity contribution in [2.24, 2.45) is 0 Å². The van der Waals surface area contributed by atoms with Crippen molar-refractivity contribution in [2.75, 3.05) is 18.9 Å². The molecular formula is C15H12Cl3FN2O3S. The van der Waals surface area contributed by atoms with Crippen LogP contribution in [0.3, 0.4) is 0 Å². The third-order valence-corrected chi connectivity index (χ3v) is 5.88. The van der Waals surface area contributed by atoms with Crippen LogP contribution in [0.25, 0.3) is 0 Å². The van der Waals surface area contributed by atoms with Gasteiger partial charge in [-0.3, -0.25) is 4.79 Å². The smallest absolute Gasteiger partial charge is 0.246 e. The van der Waals surface area contributed by atoms with Crippen molar-refractivity contribution < 1.29 is 17.6 Å². The van der Waals surface area contributed by atoms with Gasteiger partial charge in [-0.15, -0.1) is 0 Å². The first-order chi connectivity index (χ1) is 11.6. The summed E-state index contributed by atoms with van der Waals surface area (Å²) in [5.74, 6) is -1.69. The minimum Gasteiger partial charge on any atom is -0.322 e. The third-order valence-electron chi connectivity index (χ3n) is 3.18. The summed E-state index contributed by atoms with van der Waals surface area (Å²) >= 11 is 17.5. The molecule has 1 amide bonds. The van der Waals surface area contributed by atoms with Crippen LogP contribution in [0.15, 0.2) is 41.3 Å². The Morgan fingerprint density at radius 1 is 1.16 bits per heavy atom. The second kappa shape index (κ2) is 7.88. The molecule has 25 heavy (non-hydrogen) atoms. The number of likely N-dealkylation sites (N-methyl/N-ethyl adjacent to an activating group) is 1. The van der Waals surface area contributed by atoms with E-state index in [9.17, 15) is 17.6 Å². The van der Waals surface area contributed by atoms with Crippen molar-refractivity contribution in [3.05, 3.63) is 57.3 Å². The van der Waals surface area contributed by atoms with Crippen LogP contribution in [0, 0.1) is 5.82 Å². The number of nitrogens with one attached hydrogen (secondary N) is 1. The lowest BCUT2D eigenvalue weighted by Crippen LogP contribution is -2.35. The van der Waals surface area contributed by atoms with E-state index >= 15 is 0 Å². The van der Waals surface area contributed by atoms with Gasteiger partial charge in [0.25, 0.3) is 0 Å². The fraction of sp³-hybridized carbons (Fsp3) is 0.133. The molecule has 0 spiro atoms. The van der Waals surface area contributed by atoms with E-state index in [2.05, 4.69) is 5.32 Å². The molecule has 0 atom stereocenters. The van der Waals surface area contributed by atoms with Crippen LogP contribution in [-0.2, 0) is 14.8 Å². The summed E-state index contributed by atoms with van der Waals surface area (Å²) in [5, 5.41) is 2.90. The molecule has 0 bridgehead atoms. The number of anilines is 1. The zero-order valence-electron chi connectivity index (χ0n) is 12.8. The summed E-state index contributed by atoms with van der Waals surface area (Å²) in [6, 6.07) is 7.80. The van der Waals surface area contributed by atoms with Gasteiger partial charge in [0.1, 0.15) is 10.7 Å². The van der Waals surface area contributed by atoms with E-state index in [1.807, 2.05) is 0 Å². The molecule has 0 aliphatic heterocycles. The van der Waals surface area contributed by atoms with Gasteiger partial charge in [-0.1, -0.05) is 40.9 Å². The maximum Gasteiger partial charge on any atom is 0.246 e. The molecule has 2 rings (SSSR count). The number of amides is 1. The Balaban J connectivity index is 2.18. The molecule has 0 aromatic heterocycles. The molecule has 2 aromatic rings. The van der Waals surface area contributed by atoms with Crippen LogP contribution in [0.2, 0.25) is 15.1 Å². The Labute approximate surface area is 159 Å². The number of hydrogen-bond acceptors (Lipinski definition) is 3. The van der Waals surface area contributed by atoms with Crippen molar-refractivity contribution >= 4 is 56.4 Å². The quantitative estimate of drug-likeness (QED) is 0.786. The highest BCUT2D eigenvalue weighted by Gasteiger charge is 2.26. The standard InChI is InChI=1S/C15H12Cl3FN2O3S/c1-21(25(23,24)13-6-5-9(16)7-12(13)19)8-14(22)20-15-10(17)3-2-4-11(15)18/h2-7H,8H2,1H3,(H,20,22). The van der Waals surface area contributed by atoms with Crippen molar-refractivity contribution in [3.8, 4) is 0 Å². The minimum atomic E-state index is -4.22. The fourth-order valence-electron chi connectivity index (χ4n) is 1.94. The Bertz CT molecular complexity index is 902. The van der Waals surface area contributed by atoms with Crippen LogP contribution >= 0.6 is 34.8 Å². The summed E-state index contributed by atoms with van der Waals surface area (Å²) in [7, 11) is -3.07. The highest BCUT2D eigenvalue weighted by molar-refractivity contribution is 7.89. The lowest BCUT2D eigenvalue weighted by molar-refractivity contribution is -0.116. The van der Waals surface area contributed by atoms with Gasteiger partial charge in [0.2, 0.25) is 15.9 Å². The minimum absolute atomic E-state index is 0.0604. The highest BCUT2D eigenvalue weighted by atomic mass is 35.5. The van der Waals surface area contributed by atoms with E-state index in [4.69, 9.17) is 34.8 Å². The number of carbonyl (C=O) groups is 1. The van der Waals surface area contributed by atoms with E-state index < -0.39 is 33.2 Å². The second-order valence-electron chi connectivity index (χ2n) is 4.98. The number of hydrogen-bond donors (Lipinski definition) is 1. The van der Waals surface area contributed by atoms with Gasteiger partial charge in [0.05, 0.1) is 22.3 Å². The van der Waals surface area contributed by atoms with Gasteiger partial charge >= 0.3 is 0 Å². The molecule has 0 unspecified atom stereocenters. The number of rotatable bonds is 5. The third kappa shape index (κ3) is 4.62. The van der Waals surface area contributed by atoms with Crippen molar-refractivity contribution in [1.82, 2.24) is 4.31 Å². The van der Waals surface area contributed by atoms with Gasteiger partial charge in [-0.2, -0.15) is 4.31 Å². The van der Waals surface area contributed by atoms with E-state index in [0.717, 1.165) is 19.2 Å². The monoisotopic (exact) mass is 424 g/mol. The van der Waals surface area contributed by atoms with Crippen molar-refractivity contribution in [3.63, 3.8) is 0 Å². The Morgan fingerprint density at radius 3 is 2.32 bits per heavy atom. The summed E-state index contributed by atoms with van der Waals surface area (Å²) < 4.78 is 39.4. The molecule has 0 radical (unpaired) electrons. The molecule has 0 saturated carbocycles. The zero-order valence-corrected chi connectivity index (χ0v) is 15.8. The second-order valence-corrected chi connectivity index (χ2v) is 8.24. The average Bonchev–Trinajstić information content (AvgIpc) is 2.50. The molecule has 0 fully saturated rings. The van der Waals surface area contributed by atoms with Crippen LogP contribution in [0.5, 0.6) is 0 Å². The van der Waals surface area contributed by atoms with Gasteiger partial charge < -0.3 is 5.32 Å². The summed E-state index contributed by atoms with van der Waals surface area (Å²) in [5.41, 5.74) is 0.166. The Hall–Kier alpha value is -1.38. The molecule has 0 aliphatic carbocycles. The fourth-order valence-corrected chi connectivity index (χ4v) is 3.75. The SMILES string of the molecule is CN(CC(=O)Nc1c(Cl)cccc1Cl)S(=O)(=O)c1ccc(Cl)cc1F. The topological polar surface area (TPSA) is 66.5 Å². The molecule has 1 N–H and O–H groups in total. The number of halogens is 4. The maximum absolute atomic E-state index is 13.9. The number of para-hydroxylation sites is 1. The zero-order chi connectivity index (χ0) is 18.8. The lowest BCUT2D eigenvalue weighted by Gasteiger charge is -2.18. The summed E-state index contributed by atoms with van der Waals surface area (Å²) in [6.45, 7) is -0.564. The summed E-state index contributed by atoms with van der Waals surface area (Å²) in [6.07, 6.45) is 0. The predicted molar refractivity (Wildman–Crippen MR) is 96.3 cm³/mol. The number of nitrogens with zero attached hydrogens (tertiary/aromatic N) is 1. The molecule has 0 aliphatic rings. The van der Waals surface area contributed by atoms with Gasteiger partial charge in [-0.25, -0.2) is 12.8 Å². The van der Waals surface area contributed by atoms with E-state index in [0.29, 0.717) is 4.31 Å². The number of benzene rings is 2. The Morgan fingerprint density at radius 2 is 1.76 bits per heavy atom. The first kappa shape index (κ1) is 19.9. The van der Waals surface area contributed by atoms with Gasteiger partial charge in [-0.05, 0) is 30.3 Å². The molecule has 10 heteroatoms. The molecule has 5 nitrogen and oxygen atoms in total. The highest BCUT2D eigenvalue weighted by Crippen LogP contribution is 2.30. The lowest BCUT2D eigenvalue weighted by atomic mass is 10.3. The van der Waals surface area contributed by atoms with E-state index in [-0.39, 0.29) is 20.8 Å².